The van der Waals surface area contributed by atoms with Gasteiger partial charge in [0.25, 0.3) is 0 Å². The normalized spacial score (nSPS) is 11.0. The molecule has 3 N–H and O–H groups in total. The van der Waals surface area contributed by atoms with Crippen LogP contribution in [0.3, 0.4) is 0 Å². The quantitative estimate of drug-likeness (QED) is 0.672. The number of alkyl halides is 3. The minimum absolute atomic E-state index is 0.0375. The van der Waals surface area contributed by atoms with Gasteiger partial charge in [-0.15, -0.1) is 0 Å². The molecule has 0 saturated carbocycles. The van der Waals surface area contributed by atoms with Gasteiger partial charge >= 0.3 is 12.2 Å². The lowest BCUT2D eigenvalue weighted by Gasteiger charge is -2.10. The highest BCUT2D eigenvalue weighted by Crippen LogP contribution is 2.28. The summed E-state index contributed by atoms with van der Waals surface area (Å²) < 4.78 is 50.2. The van der Waals surface area contributed by atoms with E-state index in [0.717, 1.165) is 12.1 Å². The predicted octanol–water partition coefficient (Wildman–Crippen LogP) is 2.96. The highest BCUT2D eigenvalue weighted by molar-refractivity contribution is 5.83. The molecule has 0 aliphatic rings. The predicted molar refractivity (Wildman–Crippen MR) is 89.9 cm³/mol. The van der Waals surface area contributed by atoms with E-state index in [2.05, 4.69) is 16.0 Å². The summed E-state index contributed by atoms with van der Waals surface area (Å²) in [5, 5.41) is 7.34. The molecule has 2 aromatic rings. The third-order valence-corrected chi connectivity index (χ3v) is 3.55. The number of carbonyl (C=O) groups is 2. The lowest BCUT2D eigenvalue weighted by Crippen LogP contribution is -2.41. The first-order valence-corrected chi connectivity index (χ1v) is 7.93. The summed E-state index contributed by atoms with van der Waals surface area (Å²) in [6.07, 6.45) is -4.41. The molecule has 0 aliphatic carbocycles. The van der Waals surface area contributed by atoms with Gasteiger partial charge in [-0.2, -0.15) is 13.2 Å². The Labute approximate surface area is 152 Å². The third-order valence-electron chi connectivity index (χ3n) is 3.55. The Bertz CT molecular complexity index is 775. The first-order chi connectivity index (χ1) is 12.7. The zero-order valence-electron chi connectivity index (χ0n) is 14.1. The van der Waals surface area contributed by atoms with Crippen molar-refractivity contribution in [1.29, 1.82) is 0 Å². The summed E-state index contributed by atoms with van der Waals surface area (Å²) in [7, 11) is 0. The molecule has 0 spiro atoms. The van der Waals surface area contributed by atoms with Crippen LogP contribution in [-0.2, 0) is 24.1 Å². The maximum atomic E-state index is 12.8. The minimum atomic E-state index is -4.41. The second kappa shape index (κ2) is 9.02. The number of hydrogen-bond donors (Lipinski definition) is 3. The van der Waals surface area contributed by atoms with E-state index in [9.17, 15) is 27.2 Å². The maximum absolute atomic E-state index is 12.8. The summed E-state index contributed by atoms with van der Waals surface area (Å²) in [5.41, 5.74) is 0.424. The smallest absolute Gasteiger partial charge is 0.350 e. The van der Waals surface area contributed by atoms with E-state index in [1.54, 1.807) is 0 Å². The Balaban J connectivity index is 1.68. The van der Waals surface area contributed by atoms with Gasteiger partial charge in [-0.3, -0.25) is 4.79 Å². The molecular formula is C18H17F4N3O2. The van der Waals surface area contributed by atoms with Gasteiger partial charge in [0.1, 0.15) is 5.82 Å². The van der Waals surface area contributed by atoms with Gasteiger partial charge in [0.2, 0.25) is 5.91 Å². The van der Waals surface area contributed by atoms with Crippen molar-refractivity contribution >= 4 is 11.9 Å². The van der Waals surface area contributed by atoms with Crippen molar-refractivity contribution in [2.75, 3.05) is 6.54 Å². The second-order valence-electron chi connectivity index (χ2n) is 5.63. The first-order valence-electron chi connectivity index (χ1n) is 7.93. The standard InChI is InChI=1S/C18H17F4N3O2/c19-15-7-3-13(4-8-15)10-24-17(27)25-11-16(26)23-9-12-1-5-14(6-2-12)18(20,21)22/h1-8H,9-11H2,(H,23,26)(H2,24,25,27). The number of hydrogen-bond acceptors (Lipinski definition) is 2. The van der Waals surface area contributed by atoms with Gasteiger partial charge in [-0.25, -0.2) is 9.18 Å². The topological polar surface area (TPSA) is 70.2 Å². The Morgan fingerprint density at radius 3 is 1.85 bits per heavy atom. The van der Waals surface area contributed by atoms with Crippen LogP contribution in [0.15, 0.2) is 48.5 Å². The van der Waals surface area contributed by atoms with Crippen LogP contribution in [0.25, 0.3) is 0 Å². The summed E-state index contributed by atoms with van der Waals surface area (Å²) in [4.78, 5) is 23.3. The average molecular weight is 383 g/mol. The maximum Gasteiger partial charge on any atom is 0.416 e. The molecule has 0 atom stereocenters. The van der Waals surface area contributed by atoms with Gasteiger partial charge < -0.3 is 16.0 Å². The van der Waals surface area contributed by atoms with Crippen molar-refractivity contribution in [3.63, 3.8) is 0 Å². The van der Waals surface area contributed by atoms with Crippen LogP contribution < -0.4 is 16.0 Å². The van der Waals surface area contributed by atoms with E-state index in [1.165, 1.54) is 36.4 Å². The fraction of sp³-hybridized carbons (Fsp3) is 0.222. The van der Waals surface area contributed by atoms with Gasteiger partial charge in [-0.1, -0.05) is 24.3 Å². The second-order valence-corrected chi connectivity index (χ2v) is 5.63. The Morgan fingerprint density at radius 2 is 1.30 bits per heavy atom. The summed E-state index contributed by atoms with van der Waals surface area (Å²) in [5.74, 6) is -0.875. The van der Waals surface area contributed by atoms with Gasteiger partial charge in [0.15, 0.2) is 0 Å². The van der Waals surface area contributed by atoms with E-state index in [0.29, 0.717) is 11.1 Å². The van der Waals surface area contributed by atoms with Crippen molar-refractivity contribution in [2.45, 2.75) is 19.3 Å². The van der Waals surface area contributed by atoms with Crippen molar-refractivity contribution < 1.29 is 27.2 Å². The number of halogens is 4. The molecule has 9 heteroatoms. The molecule has 0 fully saturated rings. The number of nitrogens with one attached hydrogen (secondary N) is 3. The van der Waals surface area contributed by atoms with E-state index in [4.69, 9.17) is 0 Å². The van der Waals surface area contributed by atoms with Crippen LogP contribution in [0, 0.1) is 5.82 Å². The van der Waals surface area contributed by atoms with Gasteiger partial charge in [-0.05, 0) is 35.4 Å². The van der Waals surface area contributed by atoms with E-state index >= 15 is 0 Å². The largest absolute Gasteiger partial charge is 0.416 e. The summed E-state index contributed by atoms with van der Waals surface area (Å²) in [6.45, 7) is -0.0922. The summed E-state index contributed by atoms with van der Waals surface area (Å²) >= 11 is 0. The van der Waals surface area contributed by atoms with E-state index < -0.39 is 23.7 Å². The molecular weight excluding hydrogens is 366 g/mol. The molecule has 2 rings (SSSR count). The van der Waals surface area contributed by atoms with Crippen molar-refractivity contribution in [3.05, 3.63) is 71.0 Å². The van der Waals surface area contributed by atoms with E-state index in [1.807, 2.05) is 0 Å². The molecule has 2 aromatic carbocycles. The lowest BCUT2D eigenvalue weighted by atomic mass is 10.1. The van der Waals surface area contributed by atoms with Gasteiger partial charge in [0, 0.05) is 13.1 Å². The average Bonchev–Trinajstić information content (AvgIpc) is 2.64. The number of rotatable bonds is 6. The molecule has 0 saturated heterocycles. The van der Waals surface area contributed by atoms with Crippen molar-refractivity contribution in [2.24, 2.45) is 0 Å². The Kier molecular flexibility index (Phi) is 6.75. The fourth-order valence-corrected chi connectivity index (χ4v) is 2.08. The zero-order chi connectivity index (χ0) is 19.9. The Morgan fingerprint density at radius 1 is 0.778 bits per heavy atom. The van der Waals surface area contributed by atoms with Crippen LogP contribution in [0.1, 0.15) is 16.7 Å². The fourth-order valence-electron chi connectivity index (χ4n) is 2.08. The van der Waals surface area contributed by atoms with Crippen molar-refractivity contribution in [3.8, 4) is 0 Å². The highest BCUT2D eigenvalue weighted by atomic mass is 19.4. The highest BCUT2D eigenvalue weighted by Gasteiger charge is 2.29. The monoisotopic (exact) mass is 383 g/mol. The van der Waals surface area contributed by atoms with Crippen LogP contribution in [0.2, 0.25) is 0 Å². The molecule has 144 valence electrons. The molecule has 5 nitrogen and oxygen atoms in total. The van der Waals surface area contributed by atoms with Crippen LogP contribution >= 0.6 is 0 Å². The minimum Gasteiger partial charge on any atom is -0.350 e. The zero-order valence-corrected chi connectivity index (χ0v) is 14.1. The third kappa shape index (κ3) is 6.96. The van der Waals surface area contributed by atoms with Gasteiger partial charge in [0.05, 0.1) is 12.1 Å². The van der Waals surface area contributed by atoms with Crippen LogP contribution in [0.5, 0.6) is 0 Å². The molecule has 3 amide bonds. The number of urea groups is 1. The van der Waals surface area contributed by atoms with E-state index in [-0.39, 0.29) is 25.5 Å². The first kappa shape index (κ1) is 20.2. The van der Waals surface area contributed by atoms with Crippen LogP contribution in [0.4, 0.5) is 22.4 Å². The SMILES string of the molecule is O=C(CNC(=O)NCc1ccc(F)cc1)NCc1ccc(C(F)(F)F)cc1. The molecule has 0 heterocycles. The Hall–Kier alpha value is -3.10. The number of amides is 3. The number of carbonyl (C=O) groups excluding carboxylic acids is 2. The lowest BCUT2D eigenvalue weighted by molar-refractivity contribution is -0.137. The summed E-state index contributed by atoms with van der Waals surface area (Å²) in [6, 6.07) is 9.40. The molecule has 27 heavy (non-hydrogen) atoms. The molecule has 0 bridgehead atoms. The molecule has 0 unspecified atom stereocenters. The molecule has 0 aromatic heterocycles. The van der Waals surface area contributed by atoms with Crippen LogP contribution in [-0.4, -0.2) is 18.5 Å². The molecule has 0 radical (unpaired) electrons. The molecule has 0 aliphatic heterocycles. The van der Waals surface area contributed by atoms with Crippen molar-refractivity contribution in [1.82, 2.24) is 16.0 Å². The number of benzene rings is 2.